The summed E-state index contributed by atoms with van der Waals surface area (Å²) in [6.45, 7) is 2.18. The molecule has 1 saturated heterocycles. The van der Waals surface area contributed by atoms with Gasteiger partial charge < -0.3 is 15.1 Å². The molecule has 1 heterocycles. The zero-order chi connectivity index (χ0) is 18.5. The molecule has 136 valence electrons. The first-order valence-corrected chi connectivity index (χ1v) is 8.30. The summed E-state index contributed by atoms with van der Waals surface area (Å²) in [4.78, 5) is 26.3. The molecule has 26 heavy (non-hydrogen) atoms. The van der Waals surface area contributed by atoms with Gasteiger partial charge in [0.05, 0.1) is 17.2 Å². The van der Waals surface area contributed by atoms with E-state index in [0.717, 1.165) is 0 Å². The number of amides is 1. The van der Waals surface area contributed by atoms with Gasteiger partial charge in [0, 0.05) is 44.0 Å². The van der Waals surface area contributed by atoms with Crippen LogP contribution in [0, 0.1) is 15.9 Å². The second-order valence-electron chi connectivity index (χ2n) is 5.98. The number of piperazine rings is 1. The number of non-ortho nitro benzene ring substituents is 1. The third-order valence-corrected chi connectivity index (χ3v) is 4.33. The van der Waals surface area contributed by atoms with E-state index in [-0.39, 0.29) is 24.0 Å². The predicted molar refractivity (Wildman–Crippen MR) is 96.8 cm³/mol. The van der Waals surface area contributed by atoms with Gasteiger partial charge in [0.2, 0.25) is 5.91 Å². The molecule has 1 aliphatic rings. The van der Waals surface area contributed by atoms with Crippen LogP contribution in [-0.4, -0.2) is 48.5 Å². The molecule has 2 aromatic carbocycles. The minimum Gasteiger partial charge on any atom is -0.376 e. The van der Waals surface area contributed by atoms with Crippen LogP contribution in [0.1, 0.15) is 0 Å². The molecule has 1 fully saturated rings. The Morgan fingerprint density at radius 2 is 1.85 bits per heavy atom. The van der Waals surface area contributed by atoms with Crippen molar-refractivity contribution in [1.82, 2.24) is 4.90 Å². The summed E-state index contributed by atoms with van der Waals surface area (Å²) < 4.78 is 13.8. The van der Waals surface area contributed by atoms with Gasteiger partial charge in [-0.1, -0.05) is 18.2 Å². The maximum atomic E-state index is 13.8. The number of hydrogen-bond acceptors (Lipinski definition) is 5. The molecule has 0 aliphatic carbocycles. The van der Waals surface area contributed by atoms with Gasteiger partial charge in [0.1, 0.15) is 5.82 Å². The number of carbonyl (C=O) groups is 1. The van der Waals surface area contributed by atoms with Gasteiger partial charge in [-0.25, -0.2) is 4.39 Å². The number of carbonyl (C=O) groups excluding carboxylic acids is 1. The molecule has 0 atom stereocenters. The molecular formula is C18H19FN4O3. The predicted octanol–water partition coefficient (Wildman–Crippen LogP) is 2.49. The van der Waals surface area contributed by atoms with Gasteiger partial charge >= 0.3 is 0 Å². The van der Waals surface area contributed by atoms with Crippen molar-refractivity contribution in [3.63, 3.8) is 0 Å². The van der Waals surface area contributed by atoms with Crippen molar-refractivity contribution in [3.8, 4) is 0 Å². The average molecular weight is 358 g/mol. The lowest BCUT2D eigenvalue weighted by Gasteiger charge is -2.36. The fourth-order valence-electron chi connectivity index (χ4n) is 2.92. The second kappa shape index (κ2) is 7.81. The normalized spacial score (nSPS) is 14.2. The Kier molecular flexibility index (Phi) is 5.31. The van der Waals surface area contributed by atoms with Crippen LogP contribution >= 0.6 is 0 Å². The number of nitrogens with zero attached hydrogens (tertiary/aromatic N) is 3. The number of rotatable bonds is 5. The SMILES string of the molecule is O=C(CNc1cccc([N+](=O)[O-])c1)N1CCN(c2ccccc2F)CC1. The van der Waals surface area contributed by atoms with E-state index >= 15 is 0 Å². The second-order valence-corrected chi connectivity index (χ2v) is 5.98. The number of benzene rings is 2. The van der Waals surface area contributed by atoms with Crippen LogP contribution < -0.4 is 10.2 Å². The highest BCUT2D eigenvalue weighted by molar-refractivity contribution is 5.81. The summed E-state index contributed by atoms with van der Waals surface area (Å²) in [6, 6.07) is 12.6. The number of nitro groups is 1. The van der Waals surface area contributed by atoms with Crippen LogP contribution in [-0.2, 0) is 4.79 Å². The molecular weight excluding hydrogens is 339 g/mol. The van der Waals surface area contributed by atoms with Gasteiger partial charge in [-0.15, -0.1) is 0 Å². The molecule has 0 saturated carbocycles. The zero-order valence-electron chi connectivity index (χ0n) is 14.1. The molecule has 1 amide bonds. The highest BCUT2D eigenvalue weighted by Crippen LogP contribution is 2.20. The molecule has 0 aromatic heterocycles. The molecule has 1 N–H and O–H groups in total. The number of anilines is 2. The lowest BCUT2D eigenvalue weighted by Crippen LogP contribution is -2.50. The van der Waals surface area contributed by atoms with Crippen LogP contribution in [0.2, 0.25) is 0 Å². The van der Waals surface area contributed by atoms with Crippen LogP contribution in [0.5, 0.6) is 0 Å². The van der Waals surface area contributed by atoms with Gasteiger partial charge in [-0.3, -0.25) is 14.9 Å². The third-order valence-electron chi connectivity index (χ3n) is 4.33. The standard InChI is InChI=1S/C18H19FN4O3/c19-16-6-1-2-7-17(16)21-8-10-22(11-9-21)18(24)13-20-14-4-3-5-15(12-14)23(25)26/h1-7,12,20H,8-11,13H2. The Balaban J connectivity index is 1.52. The number of nitro benzene ring substituents is 1. The number of para-hydroxylation sites is 1. The lowest BCUT2D eigenvalue weighted by molar-refractivity contribution is -0.384. The number of halogens is 1. The molecule has 0 radical (unpaired) electrons. The van der Waals surface area contributed by atoms with E-state index in [1.54, 1.807) is 35.2 Å². The quantitative estimate of drug-likeness (QED) is 0.656. The van der Waals surface area contributed by atoms with E-state index in [1.165, 1.54) is 18.2 Å². The van der Waals surface area contributed by atoms with Crippen molar-refractivity contribution in [1.29, 1.82) is 0 Å². The molecule has 0 unspecified atom stereocenters. The van der Waals surface area contributed by atoms with Crippen molar-refractivity contribution < 1.29 is 14.1 Å². The molecule has 1 aliphatic heterocycles. The van der Waals surface area contributed by atoms with Crippen LogP contribution in [0.25, 0.3) is 0 Å². The zero-order valence-corrected chi connectivity index (χ0v) is 14.1. The first-order valence-electron chi connectivity index (χ1n) is 8.30. The minimum atomic E-state index is -0.477. The first kappa shape index (κ1) is 17.7. The van der Waals surface area contributed by atoms with Crippen LogP contribution in [0.15, 0.2) is 48.5 Å². The fraction of sp³-hybridized carbons (Fsp3) is 0.278. The van der Waals surface area contributed by atoms with Crippen molar-refractivity contribution in [2.75, 3.05) is 42.9 Å². The highest BCUT2D eigenvalue weighted by atomic mass is 19.1. The minimum absolute atomic E-state index is 0.0269. The Labute approximate surface area is 150 Å². The summed E-state index contributed by atoms with van der Waals surface area (Å²) >= 11 is 0. The maximum absolute atomic E-state index is 13.8. The summed E-state index contributed by atoms with van der Waals surface area (Å²) in [7, 11) is 0. The maximum Gasteiger partial charge on any atom is 0.271 e. The Hall–Kier alpha value is -3.16. The Morgan fingerprint density at radius 3 is 2.54 bits per heavy atom. The van der Waals surface area contributed by atoms with Crippen molar-refractivity contribution >= 4 is 23.0 Å². The topological polar surface area (TPSA) is 78.7 Å². The van der Waals surface area contributed by atoms with Crippen molar-refractivity contribution in [2.24, 2.45) is 0 Å². The largest absolute Gasteiger partial charge is 0.376 e. The summed E-state index contributed by atoms with van der Waals surface area (Å²) in [5.74, 6) is -0.357. The van der Waals surface area contributed by atoms with Gasteiger partial charge in [0.25, 0.3) is 5.69 Å². The molecule has 3 rings (SSSR count). The fourth-order valence-corrected chi connectivity index (χ4v) is 2.92. The molecule has 0 spiro atoms. The van der Waals surface area contributed by atoms with E-state index in [2.05, 4.69) is 5.32 Å². The summed E-state index contributed by atoms with van der Waals surface area (Å²) in [5.41, 5.74) is 1.05. The summed E-state index contributed by atoms with van der Waals surface area (Å²) in [5, 5.41) is 13.7. The Bertz CT molecular complexity index is 807. The van der Waals surface area contributed by atoms with Crippen LogP contribution in [0.4, 0.5) is 21.5 Å². The van der Waals surface area contributed by atoms with Crippen molar-refractivity contribution in [2.45, 2.75) is 0 Å². The lowest BCUT2D eigenvalue weighted by atomic mass is 10.2. The average Bonchev–Trinajstić information content (AvgIpc) is 2.67. The van der Waals surface area contributed by atoms with E-state index in [4.69, 9.17) is 0 Å². The van der Waals surface area contributed by atoms with E-state index in [0.29, 0.717) is 37.6 Å². The van der Waals surface area contributed by atoms with E-state index in [9.17, 15) is 19.3 Å². The van der Waals surface area contributed by atoms with Gasteiger partial charge in [-0.2, -0.15) is 0 Å². The highest BCUT2D eigenvalue weighted by Gasteiger charge is 2.22. The number of nitrogens with one attached hydrogen (secondary N) is 1. The van der Waals surface area contributed by atoms with Crippen molar-refractivity contribution in [3.05, 3.63) is 64.5 Å². The van der Waals surface area contributed by atoms with E-state index < -0.39 is 4.92 Å². The van der Waals surface area contributed by atoms with Crippen LogP contribution in [0.3, 0.4) is 0 Å². The Morgan fingerprint density at radius 1 is 1.12 bits per heavy atom. The monoisotopic (exact) mass is 358 g/mol. The number of hydrogen-bond donors (Lipinski definition) is 1. The molecule has 8 heteroatoms. The smallest absolute Gasteiger partial charge is 0.271 e. The van der Waals surface area contributed by atoms with Gasteiger partial charge in [-0.05, 0) is 18.2 Å². The third kappa shape index (κ3) is 4.08. The van der Waals surface area contributed by atoms with Gasteiger partial charge in [0.15, 0.2) is 0 Å². The molecule has 2 aromatic rings. The molecule has 0 bridgehead atoms. The molecule has 7 nitrogen and oxygen atoms in total. The van der Waals surface area contributed by atoms with E-state index in [1.807, 2.05) is 4.90 Å². The summed E-state index contributed by atoms with van der Waals surface area (Å²) in [6.07, 6.45) is 0. The first-order chi connectivity index (χ1) is 12.5.